The van der Waals surface area contributed by atoms with E-state index >= 15 is 0 Å². The number of aromatic nitrogens is 3. The van der Waals surface area contributed by atoms with Crippen molar-refractivity contribution in [3.8, 4) is 11.5 Å². The van der Waals surface area contributed by atoms with E-state index in [1.54, 1.807) is 4.68 Å². The Morgan fingerprint density at radius 2 is 2.15 bits per heavy atom. The van der Waals surface area contributed by atoms with Gasteiger partial charge in [-0.05, 0) is 25.0 Å². The van der Waals surface area contributed by atoms with Crippen LogP contribution in [-0.2, 0) is 13.0 Å². The van der Waals surface area contributed by atoms with E-state index in [1.807, 2.05) is 30.5 Å². The molecule has 1 aliphatic rings. The molecule has 0 N–H and O–H groups in total. The van der Waals surface area contributed by atoms with E-state index in [2.05, 4.69) is 10.3 Å². The molecule has 0 radical (unpaired) electrons. The van der Waals surface area contributed by atoms with Crippen LogP contribution in [0.5, 0.6) is 11.5 Å². The van der Waals surface area contributed by atoms with Crippen molar-refractivity contribution < 1.29 is 9.47 Å². The van der Waals surface area contributed by atoms with E-state index in [4.69, 9.17) is 21.1 Å². The SMILES string of the molecule is ClCCCc1cn(CC2COc3ccccc3O2)nn1. The summed E-state index contributed by atoms with van der Waals surface area (Å²) >= 11 is 5.67. The second kappa shape index (κ2) is 6.13. The summed E-state index contributed by atoms with van der Waals surface area (Å²) in [6.45, 7) is 1.15. The van der Waals surface area contributed by atoms with Gasteiger partial charge in [-0.15, -0.1) is 16.7 Å². The first-order valence-electron chi connectivity index (χ1n) is 6.68. The largest absolute Gasteiger partial charge is 0.486 e. The molecule has 1 aromatic carbocycles. The number of halogens is 1. The molecule has 0 saturated carbocycles. The van der Waals surface area contributed by atoms with Crippen molar-refractivity contribution in [3.05, 3.63) is 36.2 Å². The van der Waals surface area contributed by atoms with Crippen molar-refractivity contribution in [1.82, 2.24) is 15.0 Å². The van der Waals surface area contributed by atoms with Gasteiger partial charge in [0.05, 0.1) is 12.2 Å². The van der Waals surface area contributed by atoms with Gasteiger partial charge >= 0.3 is 0 Å². The van der Waals surface area contributed by atoms with Crippen LogP contribution >= 0.6 is 11.6 Å². The number of rotatable bonds is 5. The summed E-state index contributed by atoms with van der Waals surface area (Å²) in [6.07, 6.45) is 3.66. The van der Waals surface area contributed by atoms with Gasteiger partial charge in [0.2, 0.25) is 0 Å². The second-order valence-electron chi connectivity index (χ2n) is 4.72. The lowest BCUT2D eigenvalue weighted by molar-refractivity contribution is 0.0755. The van der Waals surface area contributed by atoms with Crippen molar-refractivity contribution in [3.63, 3.8) is 0 Å². The minimum Gasteiger partial charge on any atom is -0.486 e. The average molecular weight is 294 g/mol. The zero-order chi connectivity index (χ0) is 13.8. The molecular weight excluding hydrogens is 278 g/mol. The maximum Gasteiger partial charge on any atom is 0.161 e. The number of fused-ring (bicyclic) bond motifs is 1. The molecule has 20 heavy (non-hydrogen) atoms. The maximum atomic E-state index is 5.89. The lowest BCUT2D eigenvalue weighted by Crippen LogP contribution is -2.33. The van der Waals surface area contributed by atoms with Gasteiger partial charge < -0.3 is 9.47 Å². The van der Waals surface area contributed by atoms with Gasteiger partial charge in [0.15, 0.2) is 17.6 Å². The number of benzene rings is 1. The molecule has 1 atom stereocenters. The van der Waals surface area contributed by atoms with Gasteiger partial charge in [0, 0.05) is 12.1 Å². The van der Waals surface area contributed by atoms with Crippen LogP contribution in [0.25, 0.3) is 0 Å². The van der Waals surface area contributed by atoms with Gasteiger partial charge in [-0.2, -0.15) is 0 Å². The molecule has 0 spiro atoms. The summed E-state index contributed by atoms with van der Waals surface area (Å²) in [6, 6.07) is 7.69. The van der Waals surface area contributed by atoms with E-state index in [-0.39, 0.29) is 6.10 Å². The Morgan fingerprint density at radius 1 is 1.30 bits per heavy atom. The van der Waals surface area contributed by atoms with Crippen LogP contribution < -0.4 is 9.47 Å². The number of alkyl halides is 1. The molecule has 106 valence electrons. The first-order chi connectivity index (χ1) is 9.85. The van der Waals surface area contributed by atoms with Crippen LogP contribution in [0.2, 0.25) is 0 Å². The predicted molar refractivity (Wildman–Crippen MR) is 75.4 cm³/mol. The molecule has 0 amide bonds. The number of nitrogens with zero attached hydrogens (tertiary/aromatic N) is 3. The summed E-state index contributed by atoms with van der Waals surface area (Å²) in [5, 5.41) is 8.23. The second-order valence-corrected chi connectivity index (χ2v) is 5.10. The smallest absolute Gasteiger partial charge is 0.161 e. The molecule has 5 nitrogen and oxygen atoms in total. The fraction of sp³-hybridized carbons (Fsp3) is 0.429. The van der Waals surface area contributed by atoms with E-state index < -0.39 is 0 Å². The molecular formula is C14H16ClN3O2. The standard InChI is InChI=1S/C14H16ClN3O2/c15-7-3-4-11-8-18(17-16-11)9-12-10-19-13-5-1-2-6-14(13)20-12/h1-2,5-6,8,12H,3-4,7,9-10H2. The number of ether oxygens (including phenoxy) is 2. The Balaban J connectivity index is 1.60. The molecule has 0 saturated heterocycles. The highest BCUT2D eigenvalue weighted by Gasteiger charge is 2.21. The van der Waals surface area contributed by atoms with Gasteiger partial charge in [-0.25, -0.2) is 4.68 Å². The first kappa shape index (κ1) is 13.2. The third kappa shape index (κ3) is 3.04. The van der Waals surface area contributed by atoms with E-state index in [1.165, 1.54) is 0 Å². The molecule has 3 rings (SSSR count). The Morgan fingerprint density at radius 3 is 3.00 bits per heavy atom. The van der Waals surface area contributed by atoms with Crippen LogP contribution in [0.15, 0.2) is 30.5 Å². The zero-order valence-corrected chi connectivity index (χ0v) is 11.8. The molecule has 1 aromatic heterocycles. The predicted octanol–water partition coefficient (Wildman–Crippen LogP) is 2.29. The maximum absolute atomic E-state index is 5.89. The molecule has 6 heteroatoms. The Kier molecular flexibility index (Phi) is 4.06. The summed E-state index contributed by atoms with van der Waals surface area (Å²) in [5.74, 6) is 2.22. The van der Waals surface area contributed by atoms with Gasteiger partial charge in [0.25, 0.3) is 0 Å². The zero-order valence-electron chi connectivity index (χ0n) is 11.0. The van der Waals surface area contributed by atoms with Crippen LogP contribution in [0.4, 0.5) is 0 Å². The monoisotopic (exact) mass is 293 g/mol. The summed E-state index contributed by atoms with van der Waals surface area (Å²) in [4.78, 5) is 0. The van der Waals surface area contributed by atoms with Crippen molar-refractivity contribution in [2.75, 3.05) is 12.5 Å². The normalized spacial score (nSPS) is 17.1. The lowest BCUT2D eigenvalue weighted by Gasteiger charge is -2.26. The Hall–Kier alpha value is -1.75. The number of para-hydroxylation sites is 2. The van der Waals surface area contributed by atoms with Crippen molar-refractivity contribution in [2.45, 2.75) is 25.5 Å². The highest BCUT2D eigenvalue weighted by molar-refractivity contribution is 6.17. The molecule has 1 unspecified atom stereocenters. The molecule has 0 bridgehead atoms. The van der Waals surface area contributed by atoms with Crippen LogP contribution in [0.3, 0.4) is 0 Å². The Bertz CT molecular complexity index is 573. The quantitative estimate of drug-likeness (QED) is 0.794. The number of hydrogen-bond acceptors (Lipinski definition) is 4. The van der Waals surface area contributed by atoms with Crippen LogP contribution in [-0.4, -0.2) is 33.6 Å². The summed E-state index contributed by atoms with van der Waals surface area (Å²) < 4.78 is 13.4. The lowest BCUT2D eigenvalue weighted by atomic mass is 10.2. The minimum absolute atomic E-state index is 0.0486. The van der Waals surface area contributed by atoms with Crippen LogP contribution in [0, 0.1) is 0 Å². The van der Waals surface area contributed by atoms with Crippen molar-refractivity contribution in [2.24, 2.45) is 0 Å². The van der Waals surface area contributed by atoms with Crippen molar-refractivity contribution in [1.29, 1.82) is 0 Å². The molecule has 1 aliphatic heterocycles. The Labute approximate surface area is 122 Å². The molecule has 2 aromatic rings. The number of aryl methyl sites for hydroxylation is 1. The fourth-order valence-corrected chi connectivity index (χ4v) is 2.29. The fourth-order valence-electron chi connectivity index (χ4n) is 2.15. The highest BCUT2D eigenvalue weighted by Crippen LogP contribution is 2.31. The molecule has 0 fully saturated rings. The van der Waals surface area contributed by atoms with Crippen LogP contribution in [0.1, 0.15) is 12.1 Å². The minimum atomic E-state index is -0.0486. The molecule has 2 heterocycles. The third-order valence-electron chi connectivity index (χ3n) is 3.11. The van der Waals surface area contributed by atoms with Crippen molar-refractivity contribution >= 4 is 11.6 Å². The third-order valence-corrected chi connectivity index (χ3v) is 3.38. The van der Waals surface area contributed by atoms with E-state index in [9.17, 15) is 0 Å². The average Bonchev–Trinajstić information content (AvgIpc) is 2.92. The van der Waals surface area contributed by atoms with Gasteiger partial charge in [-0.3, -0.25) is 0 Å². The van der Waals surface area contributed by atoms with Gasteiger partial charge in [-0.1, -0.05) is 17.3 Å². The summed E-state index contributed by atoms with van der Waals surface area (Å²) in [7, 11) is 0. The van der Waals surface area contributed by atoms with E-state index in [0.29, 0.717) is 19.0 Å². The highest BCUT2D eigenvalue weighted by atomic mass is 35.5. The summed E-state index contributed by atoms with van der Waals surface area (Å²) in [5.41, 5.74) is 0.961. The molecule has 0 aliphatic carbocycles. The first-order valence-corrected chi connectivity index (χ1v) is 7.22. The number of hydrogen-bond donors (Lipinski definition) is 0. The topological polar surface area (TPSA) is 49.2 Å². The van der Waals surface area contributed by atoms with Gasteiger partial charge in [0.1, 0.15) is 6.61 Å². The van der Waals surface area contributed by atoms with E-state index in [0.717, 1.165) is 30.0 Å².